The van der Waals surface area contributed by atoms with E-state index in [-0.39, 0.29) is 98.1 Å². The van der Waals surface area contributed by atoms with Gasteiger partial charge in [-0.15, -0.1) is 29.7 Å². The zero-order valence-corrected chi connectivity index (χ0v) is 22.2. The first kappa shape index (κ1) is 23.5. The fraction of sp³-hybridized carbons (Fsp3) is 0. The molecule has 0 amide bonds. The van der Waals surface area contributed by atoms with E-state index in [1.807, 2.05) is 42.5 Å². The van der Waals surface area contributed by atoms with Gasteiger partial charge in [-0.2, -0.15) is 17.7 Å². The van der Waals surface area contributed by atoms with Crippen molar-refractivity contribution in [3.05, 3.63) is 97.1 Å². The summed E-state index contributed by atoms with van der Waals surface area (Å²) in [6.45, 7) is 0. The Morgan fingerprint density at radius 3 is 1.88 bits per heavy atom. The predicted octanol–water partition coefficient (Wildman–Crippen LogP) is 5.37. The van der Waals surface area contributed by atoms with Crippen molar-refractivity contribution in [3.8, 4) is 22.3 Å². The van der Waals surface area contributed by atoms with Gasteiger partial charge in [0.25, 0.3) is 0 Å². The number of rotatable bonds is 2. The van der Waals surface area contributed by atoms with Gasteiger partial charge in [0.15, 0.2) is 0 Å². The molecule has 0 fully saturated rings. The average Bonchev–Trinajstić information content (AvgIpc) is 2.62. The molecule has 0 aliphatic heterocycles. The van der Waals surface area contributed by atoms with Gasteiger partial charge >= 0.3 is 0 Å². The van der Waals surface area contributed by atoms with Crippen LogP contribution in [0.5, 0.6) is 0 Å². The van der Waals surface area contributed by atoms with Crippen molar-refractivity contribution in [3.63, 3.8) is 0 Å². The summed E-state index contributed by atoms with van der Waals surface area (Å²) in [7, 11) is 0. The molecular formula is C22H12Y3-4. The second-order valence-corrected chi connectivity index (χ2v) is 5.16. The smallest absolute Gasteiger partial charge is 0 e. The Balaban J connectivity index is 0.00000104. The molecule has 0 heterocycles. The molecule has 0 spiro atoms. The maximum absolute atomic E-state index is 3.35. The summed E-state index contributed by atoms with van der Waals surface area (Å²) in [4.78, 5) is 0. The topological polar surface area (TPSA) is 0 Å². The maximum Gasteiger partial charge on any atom is 0 e. The van der Waals surface area contributed by atoms with Crippen LogP contribution in [0.25, 0.3) is 33.0 Å². The van der Waals surface area contributed by atoms with Crippen LogP contribution in [0.3, 0.4) is 0 Å². The van der Waals surface area contributed by atoms with E-state index in [0.717, 1.165) is 22.3 Å². The van der Waals surface area contributed by atoms with Crippen molar-refractivity contribution in [2.75, 3.05) is 0 Å². The van der Waals surface area contributed by atoms with Gasteiger partial charge in [-0.1, -0.05) is 29.7 Å². The second kappa shape index (κ2) is 11.3. The molecule has 4 aromatic rings. The summed E-state index contributed by atoms with van der Waals surface area (Å²) in [5, 5.41) is 2.41. The molecule has 0 aliphatic rings. The summed E-state index contributed by atoms with van der Waals surface area (Å²) in [6, 6.07) is 37.5. The van der Waals surface area contributed by atoms with Crippen molar-refractivity contribution in [1.82, 2.24) is 0 Å². The molecule has 0 saturated heterocycles. The molecule has 0 aromatic heterocycles. The molecule has 4 rings (SSSR count). The molecule has 0 aliphatic carbocycles. The standard InChI is InChI=1S/C22H12.3Y/c1-2-7-17(8-3-1)20-11-6-12-21(15-20)22-14-13-18-9-4-5-10-19(18)16-22;;;/h1-7,9-10,13,15-16H;;;/q-4;;;. The van der Waals surface area contributed by atoms with Crippen molar-refractivity contribution in [2.24, 2.45) is 0 Å². The van der Waals surface area contributed by atoms with Crippen LogP contribution in [0.2, 0.25) is 0 Å². The van der Waals surface area contributed by atoms with Gasteiger partial charge in [-0.05, 0) is 0 Å². The molecule has 3 heteroatoms. The molecule has 0 bridgehead atoms. The molecule has 0 saturated carbocycles. The third kappa shape index (κ3) is 5.71. The third-order valence-corrected chi connectivity index (χ3v) is 3.71. The van der Waals surface area contributed by atoms with E-state index >= 15 is 0 Å². The minimum Gasteiger partial charge on any atom is -0.368 e. The van der Waals surface area contributed by atoms with Crippen LogP contribution in [0.1, 0.15) is 0 Å². The monoisotopic (exact) mass is 543 g/mol. The van der Waals surface area contributed by atoms with Gasteiger partial charge in [-0.3, -0.25) is 11.6 Å². The number of hydrogen-bond donors (Lipinski definition) is 0. The quantitative estimate of drug-likeness (QED) is 0.299. The van der Waals surface area contributed by atoms with E-state index < -0.39 is 0 Å². The third-order valence-electron chi connectivity index (χ3n) is 3.71. The van der Waals surface area contributed by atoms with Gasteiger partial charge < -0.3 is 29.3 Å². The van der Waals surface area contributed by atoms with Crippen LogP contribution in [0.15, 0.2) is 72.8 Å². The van der Waals surface area contributed by atoms with Crippen molar-refractivity contribution >= 4 is 10.8 Å². The first-order valence-electron chi connectivity index (χ1n) is 7.21. The van der Waals surface area contributed by atoms with E-state index in [0.29, 0.717) is 0 Å². The molecule has 3 radical (unpaired) electrons. The molecule has 0 unspecified atom stereocenters. The first-order chi connectivity index (χ1) is 10.9. The van der Waals surface area contributed by atoms with E-state index in [1.54, 1.807) is 0 Å². The Hall–Kier alpha value is 0.452. The van der Waals surface area contributed by atoms with Crippen molar-refractivity contribution < 1.29 is 98.1 Å². The van der Waals surface area contributed by atoms with Crippen LogP contribution in [-0.2, 0) is 98.1 Å². The Bertz CT molecular complexity index is 934. The maximum atomic E-state index is 3.35. The summed E-state index contributed by atoms with van der Waals surface area (Å²) >= 11 is 0. The SMILES string of the molecule is [Y].[Y].[Y].[c-]1ccccc1-c1[c-]c[c-]c(-c2[c-]cc3ccccc3c2)c1. The normalized spacial score (nSPS) is 9.44. The van der Waals surface area contributed by atoms with Gasteiger partial charge in [-0.25, -0.2) is 12.1 Å². The Morgan fingerprint density at radius 2 is 1.16 bits per heavy atom. The van der Waals surface area contributed by atoms with E-state index in [2.05, 4.69) is 54.6 Å². The van der Waals surface area contributed by atoms with E-state index in [4.69, 9.17) is 0 Å². The minimum absolute atomic E-state index is 0. The summed E-state index contributed by atoms with van der Waals surface area (Å²) in [5.41, 5.74) is 4.14. The van der Waals surface area contributed by atoms with Crippen molar-refractivity contribution in [2.45, 2.75) is 0 Å². The van der Waals surface area contributed by atoms with Crippen LogP contribution in [-0.4, -0.2) is 0 Å². The largest absolute Gasteiger partial charge is 0.368 e. The van der Waals surface area contributed by atoms with Gasteiger partial charge in [0, 0.05) is 98.1 Å². The second-order valence-electron chi connectivity index (χ2n) is 5.16. The number of fused-ring (bicyclic) bond motifs is 1. The average molecular weight is 543 g/mol. The molecular weight excluding hydrogens is 531 g/mol. The zero-order chi connectivity index (χ0) is 14.8. The van der Waals surface area contributed by atoms with Crippen LogP contribution < -0.4 is 0 Å². The summed E-state index contributed by atoms with van der Waals surface area (Å²) in [6.07, 6.45) is 0. The molecule has 0 nitrogen and oxygen atoms in total. The fourth-order valence-corrected chi connectivity index (χ4v) is 2.57. The van der Waals surface area contributed by atoms with Crippen LogP contribution in [0.4, 0.5) is 0 Å². The van der Waals surface area contributed by atoms with Crippen molar-refractivity contribution in [1.29, 1.82) is 0 Å². The molecule has 113 valence electrons. The van der Waals surface area contributed by atoms with Gasteiger partial charge in [0.05, 0.1) is 0 Å². The Labute approximate surface area is 224 Å². The number of hydrogen-bond acceptors (Lipinski definition) is 0. The molecule has 0 atom stereocenters. The fourth-order valence-electron chi connectivity index (χ4n) is 2.57. The van der Waals surface area contributed by atoms with E-state index in [9.17, 15) is 0 Å². The summed E-state index contributed by atoms with van der Waals surface area (Å²) in [5.74, 6) is 0. The Kier molecular flexibility index (Phi) is 10.6. The van der Waals surface area contributed by atoms with Gasteiger partial charge in [0.2, 0.25) is 0 Å². The Morgan fingerprint density at radius 1 is 0.520 bits per heavy atom. The van der Waals surface area contributed by atoms with Crippen LogP contribution in [0, 0.1) is 24.3 Å². The molecule has 4 aromatic carbocycles. The first-order valence-corrected chi connectivity index (χ1v) is 7.21. The minimum atomic E-state index is 0. The number of benzene rings is 4. The predicted molar refractivity (Wildman–Crippen MR) is 90.2 cm³/mol. The summed E-state index contributed by atoms with van der Waals surface area (Å²) < 4.78 is 0. The molecule has 25 heavy (non-hydrogen) atoms. The van der Waals surface area contributed by atoms with Gasteiger partial charge in [0.1, 0.15) is 0 Å². The van der Waals surface area contributed by atoms with E-state index in [1.165, 1.54) is 10.8 Å². The molecule has 0 N–H and O–H groups in total. The van der Waals surface area contributed by atoms with Crippen LogP contribution >= 0.6 is 0 Å². The zero-order valence-electron chi connectivity index (χ0n) is 13.7.